The van der Waals surface area contributed by atoms with Crippen molar-refractivity contribution in [2.24, 2.45) is 0 Å². The van der Waals surface area contributed by atoms with E-state index in [4.69, 9.17) is 9.72 Å². The molecular formula is C25H24FN3O4S2. The van der Waals surface area contributed by atoms with Crippen LogP contribution in [0, 0.1) is 12.7 Å². The van der Waals surface area contributed by atoms with Gasteiger partial charge in [0.2, 0.25) is 5.91 Å². The predicted molar refractivity (Wildman–Crippen MR) is 134 cm³/mol. The summed E-state index contributed by atoms with van der Waals surface area (Å²) in [6.45, 7) is 2.22. The SMILES string of the molecule is COc1ccc(C)c2sc(N(Cc3cccnc3)C(=O)CCCS(=O)(=O)c3ccc(F)cc3)nc12. The molecule has 2 aromatic heterocycles. The molecule has 0 aliphatic carbocycles. The Morgan fingerprint density at radius 1 is 1.14 bits per heavy atom. The first-order valence-corrected chi connectivity index (χ1v) is 13.4. The minimum Gasteiger partial charge on any atom is -0.494 e. The molecule has 0 fully saturated rings. The standard InChI is InChI=1S/C25H24FN3O4S2/c1-17-7-12-21(33-2)23-24(17)34-25(28-23)29(16-18-5-3-13-27-15-18)22(30)6-4-14-35(31,32)20-10-8-19(26)9-11-20/h3,5,7-13,15H,4,6,14,16H2,1-2H3. The van der Waals surface area contributed by atoms with Crippen molar-refractivity contribution in [1.29, 1.82) is 0 Å². The van der Waals surface area contributed by atoms with Crippen LogP contribution < -0.4 is 9.64 Å². The van der Waals surface area contributed by atoms with Crippen molar-refractivity contribution in [1.82, 2.24) is 9.97 Å². The van der Waals surface area contributed by atoms with E-state index in [0.717, 1.165) is 28.0 Å². The van der Waals surface area contributed by atoms with Crippen molar-refractivity contribution in [2.45, 2.75) is 31.2 Å². The molecule has 0 spiro atoms. The van der Waals surface area contributed by atoms with Crippen LogP contribution >= 0.6 is 11.3 Å². The molecule has 0 aliphatic rings. The lowest BCUT2D eigenvalue weighted by Crippen LogP contribution is -2.30. The molecule has 10 heteroatoms. The summed E-state index contributed by atoms with van der Waals surface area (Å²) in [6, 6.07) is 12.1. The molecule has 4 rings (SSSR count). The van der Waals surface area contributed by atoms with Gasteiger partial charge in [-0.05, 0) is 60.9 Å². The zero-order chi connectivity index (χ0) is 25.0. The summed E-state index contributed by atoms with van der Waals surface area (Å²) in [5, 5.41) is 0.503. The van der Waals surface area contributed by atoms with E-state index in [0.29, 0.717) is 16.4 Å². The summed E-state index contributed by atoms with van der Waals surface area (Å²) >= 11 is 1.39. The van der Waals surface area contributed by atoms with Gasteiger partial charge >= 0.3 is 0 Å². The van der Waals surface area contributed by atoms with E-state index in [9.17, 15) is 17.6 Å². The fraction of sp³-hybridized carbons (Fsp3) is 0.240. The largest absolute Gasteiger partial charge is 0.494 e. The van der Waals surface area contributed by atoms with Gasteiger partial charge in [-0.15, -0.1) is 0 Å². The fourth-order valence-electron chi connectivity index (χ4n) is 3.62. The molecule has 2 aromatic carbocycles. The number of aryl methyl sites for hydroxylation is 1. The number of ether oxygens (including phenoxy) is 1. The van der Waals surface area contributed by atoms with Gasteiger partial charge in [-0.3, -0.25) is 14.7 Å². The first-order chi connectivity index (χ1) is 16.8. The van der Waals surface area contributed by atoms with Crippen LogP contribution in [0.3, 0.4) is 0 Å². The van der Waals surface area contributed by atoms with Crippen molar-refractivity contribution < 1.29 is 22.3 Å². The number of hydrogen-bond donors (Lipinski definition) is 0. The van der Waals surface area contributed by atoms with Gasteiger partial charge < -0.3 is 4.74 Å². The summed E-state index contributed by atoms with van der Waals surface area (Å²) in [4.78, 5) is 23.8. The number of methoxy groups -OCH3 is 1. The second-order valence-electron chi connectivity index (χ2n) is 7.98. The second-order valence-corrected chi connectivity index (χ2v) is 11.1. The van der Waals surface area contributed by atoms with E-state index in [1.165, 1.54) is 23.5 Å². The normalized spacial score (nSPS) is 11.5. The molecule has 2 heterocycles. The number of aromatic nitrogens is 2. The quantitative estimate of drug-likeness (QED) is 0.295. The van der Waals surface area contributed by atoms with Crippen LogP contribution in [0.15, 0.2) is 65.8 Å². The summed E-state index contributed by atoms with van der Waals surface area (Å²) in [7, 11) is -2.06. The number of fused-ring (bicyclic) bond motifs is 1. The maximum atomic E-state index is 13.3. The smallest absolute Gasteiger partial charge is 0.229 e. The fourth-order valence-corrected chi connectivity index (χ4v) is 6.00. The minimum absolute atomic E-state index is 0.00668. The number of hydrogen-bond acceptors (Lipinski definition) is 7. The Morgan fingerprint density at radius 3 is 2.60 bits per heavy atom. The van der Waals surface area contributed by atoms with E-state index < -0.39 is 15.7 Å². The van der Waals surface area contributed by atoms with E-state index >= 15 is 0 Å². The maximum absolute atomic E-state index is 13.3. The summed E-state index contributed by atoms with van der Waals surface area (Å²) in [5.74, 6) is -0.364. The highest BCUT2D eigenvalue weighted by Gasteiger charge is 2.23. The van der Waals surface area contributed by atoms with Crippen molar-refractivity contribution in [3.8, 4) is 5.75 Å². The Labute approximate surface area is 207 Å². The zero-order valence-corrected chi connectivity index (χ0v) is 20.9. The highest BCUT2D eigenvalue weighted by atomic mass is 32.2. The van der Waals surface area contributed by atoms with Crippen LogP contribution in [0.4, 0.5) is 9.52 Å². The second kappa shape index (κ2) is 10.5. The minimum atomic E-state index is -3.63. The number of nitrogens with zero attached hydrogens (tertiary/aromatic N) is 3. The number of benzene rings is 2. The molecule has 0 radical (unpaired) electrons. The average Bonchev–Trinajstić information content (AvgIpc) is 3.30. The first-order valence-electron chi connectivity index (χ1n) is 10.9. The van der Waals surface area contributed by atoms with Gasteiger partial charge in [0, 0.05) is 18.8 Å². The third-order valence-electron chi connectivity index (χ3n) is 5.48. The van der Waals surface area contributed by atoms with Gasteiger partial charge in [-0.1, -0.05) is 23.5 Å². The van der Waals surface area contributed by atoms with Crippen LogP contribution in [-0.4, -0.2) is 37.2 Å². The van der Waals surface area contributed by atoms with E-state index in [-0.39, 0.29) is 35.9 Å². The lowest BCUT2D eigenvalue weighted by Gasteiger charge is -2.20. The van der Waals surface area contributed by atoms with Crippen LogP contribution in [0.5, 0.6) is 5.75 Å². The highest BCUT2D eigenvalue weighted by molar-refractivity contribution is 7.91. The topological polar surface area (TPSA) is 89.5 Å². The third-order valence-corrected chi connectivity index (χ3v) is 8.51. The number of sulfone groups is 1. The molecule has 182 valence electrons. The number of carbonyl (C=O) groups is 1. The molecule has 0 N–H and O–H groups in total. The van der Waals surface area contributed by atoms with Crippen LogP contribution in [-0.2, 0) is 21.2 Å². The molecule has 4 aromatic rings. The average molecular weight is 514 g/mol. The molecule has 35 heavy (non-hydrogen) atoms. The zero-order valence-electron chi connectivity index (χ0n) is 19.3. The Kier molecular flexibility index (Phi) is 7.42. The number of amides is 1. The molecule has 0 aliphatic heterocycles. The van der Waals surface area contributed by atoms with E-state index in [2.05, 4.69) is 4.98 Å². The maximum Gasteiger partial charge on any atom is 0.229 e. The molecule has 1 amide bonds. The Bertz CT molecular complexity index is 1440. The molecule has 0 saturated heterocycles. The Hall–Kier alpha value is -3.37. The van der Waals surface area contributed by atoms with Crippen LogP contribution in [0.25, 0.3) is 10.2 Å². The lowest BCUT2D eigenvalue weighted by molar-refractivity contribution is -0.118. The van der Waals surface area contributed by atoms with Gasteiger partial charge in [0.1, 0.15) is 17.1 Å². The van der Waals surface area contributed by atoms with Gasteiger partial charge in [-0.2, -0.15) is 0 Å². The van der Waals surface area contributed by atoms with Crippen molar-refractivity contribution in [3.05, 3.63) is 77.9 Å². The molecule has 7 nitrogen and oxygen atoms in total. The molecular weight excluding hydrogens is 489 g/mol. The number of halogens is 1. The molecule has 0 unspecified atom stereocenters. The molecule has 0 bridgehead atoms. The van der Waals surface area contributed by atoms with Crippen molar-refractivity contribution in [3.63, 3.8) is 0 Å². The third kappa shape index (κ3) is 5.66. The van der Waals surface area contributed by atoms with Gasteiger partial charge in [0.05, 0.1) is 29.0 Å². The number of thiazole rings is 1. The van der Waals surface area contributed by atoms with E-state index in [1.54, 1.807) is 30.5 Å². The Balaban J connectivity index is 1.57. The molecule has 0 saturated carbocycles. The number of anilines is 1. The number of rotatable bonds is 9. The van der Waals surface area contributed by atoms with E-state index in [1.807, 2.05) is 25.1 Å². The van der Waals surface area contributed by atoms with Gasteiger partial charge in [0.15, 0.2) is 15.0 Å². The number of carbonyl (C=O) groups excluding carboxylic acids is 1. The number of pyridine rings is 1. The summed E-state index contributed by atoms with van der Waals surface area (Å²) in [5.41, 5.74) is 2.52. The highest BCUT2D eigenvalue weighted by Crippen LogP contribution is 2.37. The van der Waals surface area contributed by atoms with Crippen molar-refractivity contribution >= 4 is 42.4 Å². The summed E-state index contributed by atoms with van der Waals surface area (Å²) in [6.07, 6.45) is 3.46. The monoisotopic (exact) mass is 513 g/mol. The predicted octanol–water partition coefficient (Wildman–Crippen LogP) is 4.93. The molecule has 0 atom stereocenters. The first kappa shape index (κ1) is 24.7. The van der Waals surface area contributed by atoms with Crippen LogP contribution in [0.2, 0.25) is 0 Å². The van der Waals surface area contributed by atoms with Gasteiger partial charge in [-0.25, -0.2) is 17.8 Å². The van der Waals surface area contributed by atoms with Crippen LogP contribution in [0.1, 0.15) is 24.0 Å². The Morgan fingerprint density at radius 2 is 1.91 bits per heavy atom. The van der Waals surface area contributed by atoms with Crippen molar-refractivity contribution in [2.75, 3.05) is 17.8 Å². The van der Waals surface area contributed by atoms with Gasteiger partial charge in [0.25, 0.3) is 0 Å². The lowest BCUT2D eigenvalue weighted by atomic mass is 10.2. The summed E-state index contributed by atoms with van der Waals surface area (Å²) < 4.78 is 44.7.